The first kappa shape index (κ1) is 14.8. The fourth-order valence-electron chi connectivity index (χ4n) is 1.81. The minimum atomic E-state index is -0.246. The maximum Gasteiger partial charge on any atom is 0.315 e. The first-order valence-electron chi connectivity index (χ1n) is 6.63. The number of amides is 2. The summed E-state index contributed by atoms with van der Waals surface area (Å²) in [6, 6.07) is 8.81. The summed E-state index contributed by atoms with van der Waals surface area (Å²) in [6.07, 6.45) is 3.35. The number of pyridine rings is 2. The van der Waals surface area contributed by atoms with Crippen molar-refractivity contribution in [2.24, 2.45) is 0 Å². The molecule has 110 valence electrons. The van der Waals surface area contributed by atoms with Gasteiger partial charge < -0.3 is 15.4 Å². The summed E-state index contributed by atoms with van der Waals surface area (Å²) in [5, 5.41) is 5.63. The molecule has 0 saturated carbocycles. The largest absolute Gasteiger partial charge is 0.481 e. The van der Waals surface area contributed by atoms with E-state index >= 15 is 0 Å². The summed E-state index contributed by atoms with van der Waals surface area (Å²) < 4.78 is 5.04. The van der Waals surface area contributed by atoms with Crippen LogP contribution in [0, 0.1) is 0 Å². The van der Waals surface area contributed by atoms with Gasteiger partial charge in [0.2, 0.25) is 5.88 Å². The van der Waals surface area contributed by atoms with E-state index in [0.717, 1.165) is 11.3 Å². The van der Waals surface area contributed by atoms with Crippen molar-refractivity contribution in [1.82, 2.24) is 20.6 Å². The Morgan fingerprint density at radius 3 is 2.86 bits per heavy atom. The van der Waals surface area contributed by atoms with Gasteiger partial charge in [-0.3, -0.25) is 4.98 Å². The Kier molecular flexibility index (Phi) is 5.09. The Hall–Kier alpha value is -2.63. The van der Waals surface area contributed by atoms with Crippen LogP contribution in [0.2, 0.25) is 0 Å². The Labute approximate surface area is 123 Å². The van der Waals surface area contributed by atoms with Crippen molar-refractivity contribution in [1.29, 1.82) is 0 Å². The van der Waals surface area contributed by atoms with Crippen molar-refractivity contribution in [3.05, 3.63) is 54.0 Å². The summed E-state index contributed by atoms with van der Waals surface area (Å²) in [6.45, 7) is 2.29. The van der Waals surface area contributed by atoms with E-state index in [1.165, 1.54) is 0 Å². The van der Waals surface area contributed by atoms with E-state index in [4.69, 9.17) is 4.74 Å². The monoisotopic (exact) mass is 286 g/mol. The third kappa shape index (κ3) is 4.45. The minimum Gasteiger partial charge on any atom is -0.481 e. The molecule has 2 heterocycles. The molecule has 0 aliphatic heterocycles. The van der Waals surface area contributed by atoms with Crippen molar-refractivity contribution in [2.75, 3.05) is 7.11 Å². The number of nitrogens with one attached hydrogen (secondary N) is 2. The number of nitrogens with zero attached hydrogens (tertiary/aromatic N) is 2. The number of methoxy groups -OCH3 is 1. The second kappa shape index (κ2) is 7.23. The number of rotatable bonds is 5. The second-order valence-electron chi connectivity index (χ2n) is 4.51. The normalized spacial score (nSPS) is 11.5. The number of hydrogen-bond donors (Lipinski definition) is 2. The molecule has 21 heavy (non-hydrogen) atoms. The quantitative estimate of drug-likeness (QED) is 0.882. The molecule has 1 unspecified atom stereocenters. The highest BCUT2D eigenvalue weighted by atomic mass is 16.5. The van der Waals surface area contributed by atoms with Crippen LogP contribution in [-0.4, -0.2) is 23.1 Å². The SMILES string of the molecule is COc1cc(CNC(=O)NC(C)c2ccccn2)ccn1. The van der Waals surface area contributed by atoms with E-state index in [-0.39, 0.29) is 12.1 Å². The average Bonchev–Trinajstić information content (AvgIpc) is 2.54. The molecule has 6 nitrogen and oxygen atoms in total. The molecule has 0 saturated heterocycles. The van der Waals surface area contributed by atoms with Gasteiger partial charge in [-0.1, -0.05) is 6.07 Å². The lowest BCUT2D eigenvalue weighted by molar-refractivity contribution is 0.237. The zero-order chi connectivity index (χ0) is 15.1. The van der Waals surface area contributed by atoms with Gasteiger partial charge >= 0.3 is 6.03 Å². The van der Waals surface area contributed by atoms with Gasteiger partial charge in [-0.2, -0.15) is 0 Å². The van der Waals surface area contributed by atoms with Crippen LogP contribution >= 0.6 is 0 Å². The van der Waals surface area contributed by atoms with Crippen molar-refractivity contribution >= 4 is 6.03 Å². The first-order chi connectivity index (χ1) is 10.2. The molecule has 0 spiro atoms. The van der Waals surface area contributed by atoms with Gasteiger partial charge in [-0.25, -0.2) is 9.78 Å². The van der Waals surface area contributed by atoms with Crippen molar-refractivity contribution < 1.29 is 9.53 Å². The van der Waals surface area contributed by atoms with E-state index in [1.807, 2.05) is 31.2 Å². The van der Waals surface area contributed by atoms with Gasteiger partial charge in [0.15, 0.2) is 0 Å². The molecule has 0 aliphatic rings. The molecule has 0 radical (unpaired) electrons. The molecule has 2 rings (SSSR count). The zero-order valence-electron chi connectivity index (χ0n) is 12.0. The Bertz CT molecular complexity index is 589. The smallest absolute Gasteiger partial charge is 0.315 e. The second-order valence-corrected chi connectivity index (χ2v) is 4.51. The highest BCUT2D eigenvalue weighted by Gasteiger charge is 2.09. The zero-order valence-corrected chi connectivity index (χ0v) is 12.0. The molecule has 6 heteroatoms. The Morgan fingerprint density at radius 1 is 1.29 bits per heavy atom. The van der Waals surface area contributed by atoms with Gasteiger partial charge in [0, 0.05) is 25.0 Å². The van der Waals surface area contributed by atoms with Crippen LogP contribution in [0.3, 0.4) is 0 Å². The van der Waals surface area contributed by atoms with Crippen LogP contribution in [0.25, 0.3) is 0 Å². The summed E-state index contributed by atoms with van der Waals surface area (Å²) in [7, 11) is 1.56. The van der Waals surface area contributed by atoms with E-state index < -0.39 is 0 Å². The van der Waals surface area contributed by atoms with Gasteiger partial charge in [-0.05, 0) is 30.7 Å². The fourth-order valence-corrected chi connectivity index (χ4v) is 1.81. The lowest BCUT2D eigenvalue weighted by Gasteiger charge is -2.14. The van der Waals surface area contributed by atoms with Gasteiger partial charge in [0.25, 0.3) is 0 Å². The Morgan fingerprint density at radius 2 is 2.14 bits per heavy atom. The van der Waals surface area contributed by atoms with Crippen molar-refractivity contribution in [3.8, 4) is 5.88 Å². The van der Waals surface area contributed by atoms with Crippen LogP contribution in [0.4, 0.5) is 4.79 Å². The van der Waals surface area contributed by atoms with E-state index in [9.17, 15) is 4.79 Å². The molecule has 2 N–H and O–H groups in total. The standard InChI is InChI=1S/C15H18N4O2/c1-11(13-5-3-4-7-16-13)19-15(20)18-10-12-6-8-17-14(9-12)21-2/h3-9,11H,10H2,1-2H3,(H2,18,19,20). The predicted molar refractivity (Wildman–Crippen MR) is 78.8 cm³/mol. The van der Waals surface area contributed by atoms with Gasteiger partial charge in [0.05, 0.1) is 18.8 Å². The summed E-state index contributed by atoms with van der Waals surface area (Å²) in [5.41, 5.74) is 1.74. The number of ether oxygens (including phenoxy) is 1. The Balaban J connectivity index is 1.84. The first-order valence-corrected chi connectivity index (χ1v) is 6.63. The summed E-state index contributed by atoms with van der Waals surface area (Å²) in [4.78, 5) is 20.1. The van der Waals surface area contributed by atoms with E-state index in [0.29, 0.717) is 12.4 Å². The third-order valence-corrected chi connectivity index (χ3v) is 2.94. The third-order valence-electron chi connectivity index (χ3n) is 2.94. The molecule has 0 aliphatic carbocycles. The number of urea groups is 1. The lowest BCUT2D eigenvalue weighted by atomic mass is 10.2. The van der Waals surface area contributed by atoms with E-state index in [2.05, 4.69) is 20.6 Å². The molecule has 2 aromatic heterocycles. The molecular formula is C15H18N4O2. The average molecular weight is 286 g/mol. The molecule has 0 bridgehead atoms. The summed E-state index contributed by atoms with van der Waals surface area (Å²) >= 11 is 0. The lowest BCUT2D eigenvalue weighted by Crippen LogP contribution is -2.36. The minimum absolute atomic E-state index is 0.154. The van der Waals surface area contributed by atoms with Crippen LogP contribution in [0.15, 0.2) is 42.7 Å². The van der Waals surface area contributed by atoms with Crippen molar-refractivity contribution in [2.45, 2.75) is 19.5 Å². The van der Waals surface area contributed by atoms with Gasteiger partial charge in [-0.15, -0.1) is 0 Å². The molecule has 0 aromatic carbocycles. The molecule has 1 atom stereocenters. The van der Waals surface area contributed by atoms with Crippen molar-refractivity contribution in [3.63, 3.8) is 0 Å². The molecular weight excluding hydrogens is 268 g/mol. The number of hydrogen-bond acceptors (Lipinski definition) is 4. The maximum atomic E-state index is 11.9. The van der Waals surface area contributed by atoms with E-state index in [1.54, 1.807) is 25.6 Å². The topological polar surface area (TPSA) is 76.1 Å². The highest BCUT2D eigenvalue weighted by Crippen LogP contribution is 2.09. The maximum absolute atomic E-state index is 11.9. The predicted octanol–water partition coefficient (Wildman–Crippen LogP) is 2.05. The molecule has 0 fully saturated rings. The number of carbonyl (C=O) groups is 1. The van der Waals surface area contributed by atoms with Crippen LogP contribution in [-0.2, 0) is 6.54 Å². The van der Waals surface area contributed by atoms with Crippen LogP contribution in [0.5, 0.6) is 5.88 Å². The van der Waals surface area contributed by atoms with Crippen LogP contribution < -0.4 is 15.4 Å². The van der Waals surface area contributed by atoms with Gasteiger partial charge in [0.1, 0.15) is 0 Å². The highest BCUT2D eigenvalue weighted by molar-refractivity contribution is 5.74. The molecule has 2 aromatic rings. The number of aromatic nitrogens is 2. The fraction of sp³-hybridized carbons (Fsp3) is 0.267. The number of carbonyl (C=O) groups excluding carboxylic acids is 1. The molecule has 2 amide bonds. The summed E-state index contributed by atoms with van der Waals surface area (Å²) in [5.74, 6) is 0.525. The van der Waals surface area contributed by atoms with Crippen LogP contribution in [0.1, 0.15) is 24.2 Å².